The monoisotopic (exact) mass is 606 g/mol. The molecule has 5 aliphatic rings. The van der Waals surface area contributed by atoms with E-state index < -0.39 is 0 Å². The maximum Gasteiger partial charge on any atom is 0.408 e. The SMILES string of the molecule is O=C(NC(c1ccccc1)c1cccc(OCC2CCC(C(=O)OCCCC3OCCO3)CC2)c1)OC1CN2CCC1CC2. The smallest absolute Gasteiger partial charge is 0.408 e. The van der Waals surface area contributed by atoms with Crippen molar-refractivity contribution >= 4 is 12.1 Å². The van der Waals surface area contributed by atoms with Gasteiger partial charge in [0.2, 0.25) is 0 Å². The number of nitrogens with zero attached hydrogens (tertiary/aromatic N) is 1. The standard InChI is InChI=1S/C35H46N2O7/c38-34(42-19-5-10-32-40-20-21-41-32)28-13-11-25(12-14-28)24-43-30-9-4-8-29(22-30)33(27-6-2-1-3-7-27)36-35(39)44-31-23-37-17-15-26(31)16-18-37/h1-4,6-9,22,25-26,28,31-33H,5,10-21,23-24H2,(H,36,39). The average Bonchev–Trinajstić information content (AvgIpc) is 3.60. The Hall–Kier alpha value is -3.14. The van der Waals surface area contributed by atoms with Crippen molar-refractivity contribution in [3.63, 3.8) is 0 Å². The summed E-state index contributed by atoms with van der Waals surface area (Å²) in [6.07, 6.45) is 6.63. The number of nitrogens with one attached hydrogen (secondary N) is 1. The van der Waals surface area contributed by atoms with E-state index in [-0.39, 0.29) is 36.4 Å². The van der Waals surface area contributed by atoms with Crippen molar-refractivity contribution in [3.05, 3.63) is 65.7 Å². The van der Waals surface area contributed by atoms with E-state index in [9.17, 15) is 9.59 Å². The zero-order valence-electron chi connectivity index (χ0n) is 25.6. The van der Waals surface area contributed by atoms with Gasteiger partial charge in [0.15, 0.2) is 6.29 Å². The number of alkyl carbamates (subject to hydrolysis) is 1. The largest absolute Gasteiger partial charge is 0.493 e. The Kier molecular flexibility index (Phi) is 10.7. The summed E-state index contributed by atoms with van der Waals surface area (Å²) in [5.74, 6) is 1.49. The van der Waals surface area contributed by atoms with Gasteiger partial charge in [0.1, 0.15) is 11.9 Å². The Balaban J connectivity index is 0.979. The van der Waals surface area contributed by atoms with Gasteiger partial charge in [-0.1, -0.05) is 42.5 Å². The maximum absolute atomic E-state index is 13.1. The molecule has 2 atom stereocenters. The van der Waals surface area contributed by atoms with Crippen molar-refractivity contribution in [1.29, 1.82) is 0 Å². The zero-order chi connectivity index (χ0) is 30.1. The molecular weight excluding hydrogens is 560 g/mol. The van der Waals surface area contributed by atoms with E-state index in [1.807, 2.05) is 54.6 Å². The molecule has 2 bridgehead atoms. The molecule has 1 aliphatic carbocycles. The Morgan fingerprint density at radius 3 is 2.39 bits per heavy atom. The highest BCUT2D eigenvalue weighted by Crippen LogP contribution is 2.32. The summed E-state index contributed by atoms with van der Waals surface area (Å²) in [4.78, 5) is 28.1. The molecule has 4 aliphatic heterocycles. The molecule has 5 fully saturated rings. The van der Waals surface area contributed by atoms with Crippen LogP contribution in [-0.4, -0.2) is 75.4 Å². The van der Waals surface area contributed by atoms with Crippen LogP contribution < -0.4 is 10.1 Å². The third-order valence-electron chi connectivity index (χ3n) is 9.63. The van der Waals surface area contributed by atoms with Gasteiger partial charge < -0.3 is 29.0 Å². The first-order chi connectivity index (χ1) is 21.6. The minimum Gasteiger partial charge on any atom is -0.493 e. The van der Waals surface area contributed by atoms with Gasteiger partial charge in [0.25, 0.3) is 0 Å². The number of esters is 1. The van der Waals surface area contributed by atoms with Gasteiger partial charge in [-0.15, -0.1) is 0 Å². The molecular formula is C35H46N2O7. The topological polar surface area (TPSA) is 95.6 Å². The molecule has 0 radical (unpaired) electrons. The van der Waals surface area contributed by atoms with Crippen LogP contribution in [0.25, 0.3) is 0 Å². The van der Waals surface area contributed by atoms with Crippen LogP contribution >= 0.6 is 0 Å². The van der Waals surface area contributed by atoms with Crippen LogP contribution in [0, 0.1) is 17.8 Å². The van der Waals surface area contributed by atoms with Crippen LogP contribution in [0.1, 0.15) is 68.5 Å². The molecule has 0 spiro atoms. The van der Waals surface area contributed by atoms with Crippen molar-refractivity contribution in [2.45, 2.75) is 69.8 Å². The fourth-order valence-corrected chi connectivity index (χ4v) is 7.02. The highest BCUT2D eigenvalue weighted by molar-refractivity contribution is 5.72. The number of hydrogen-bond acceptors (Lipinski definition) is 8. The first-order valence-electron chi connectivity index (χ1n) is 16.5. The fourth-order valence-electron chi connectivity index (χ4n) is 7.02. The number of hydrogen-bond donors (Lipinski definition) is 1. The number of piperidine rings is 3. The van der Waals surface area contributed by atoms with Crippen LogP contribution in [0.4, 0.5) is 4.79 Å². The fraction of sp³-hybridized carbons (Fsp3) is 0.600. The quantitative estimate of drug-likeness (QED) is 0.251. The Bertz CT molecular complexity index is 1200. The van der Waals surface area contributed by atoms with Crippen LogP contribution in [-0.2, 0) is 23.7 Å². The number of benzene rings is 2. The normalized spacial score (nSPS) is 27.4. The lowest BCUT2D eigenvalue weighted by Crippen LogP contribution is -2.52. The summed E-state index contributed by atoms with van der Waals surface area (Å²) < 4.78 is 28.6. The highest BCUT2D eigenvalue weighted by atomic mass is 16.7. The second-order valence-corrected chi connectivity index (χ2v) is 12.7. The molecule has 0 aromatic heterocycles. The second kappa shape index (κ2) is 15.2. The lowest BCUT2D eigenvalue weighted by atomic mass is 9.82. The van der Waals surface area contributed by atoms with Gasteiger partial charge in [-0.3, -0.25) is 9.69 Å². The summed E-state index contributed by atoms with van der Waals surface area (Å²) >= 11 is 0. The second-order valence-electron chi connectivity index (χ2n) is 12.7. The van der Waals surface area contributed by atoms with Gasteiger partial charge in [-0.25, -0.2) is 4.79 Å². The number of carbonyl (C=O) groups is 2. The predicted octanol–water partition coefficient (Wildman–Crippen LogP) is 5.48. The lowest BCUT2D eigenvalue weighted by molar-refractivity contribution is -0.150. The number of rotatable bonds is 12. The summed E-state index contributed by atoms with van der Waals surface area (Å²) in [7, 11) is 0. The number of carbonyl (C=O) groups excluding carboxylic acids is 2. The van der Waals surface area contributed by atoms with Crippen molar-refractivity contribution in [3.8, 4) is 5.75 Å². The minimum absolute atomic E-state index is 0.0352. The number of ether oxygens (including phenoxy) is 5. The molecule has 9 heteroatoms. The maximum atomic E-state index is 13.1. The molecule has 238 valence electrons. The predicted molar refractivity (Wildman–Crippen MR) is 164 cm³/mol. The third-order valence-corrected chi connectivity index (χ3v) is 9.63. The summed E-state index contributed by atoms with van der Waals surface area (Å²) in [6, 6.07) is 17.6. The van der Waals surface area contributed by atoms with E-state index in [1.54, 1.807) is 0 Å². The molecule has 44 heavy (non-hydrogen) atoms. The summed E-state index contributed by atoms with van der Waals surface area (Å²) in [5.41, 5.74) is 1.93. The summed E-state index contributed by atoms with van der Waals surface area (Å²) in [5, 5.41) is 3.15. The molecule has 1 amide bonds. The van der Waals surface area contributed by atoms with Gasteiger partial charge in [-0.2, -0.15) is 0 Å². The van der Waals surface area contributed by atoms with Crippen LogP contribution in [0.2, 0.25) is 0 Å². The Morgan fingerprint density at radius 2 is 1.66 bits per heavy atom. The third kappa shape index (κ3) is 8.31. The molecule has 2 aromatic carbocycles. The Morgan fingerprint density at radius 1 is 0.909 bits per heavy atom. The zero-order valence-corrected chi connectivity index (χ0v) is 25.6. The Labute approximate surface area is 260 Å². The van der Waals surface area contributed by atoms with Crippen molar-refractivity contribution in [2.75, 3.05) is 46.1 Å². The average molecular weight is 607 g/mol. The van der Waals surface area contributed by atoms with Crippen molar-refractivity contribution in [1.82, 2.24) is 10.2 Å². The van der Waals surface area contributed by atoms with E-state index in [2.05, 4.69) is 10.2 Å². The van der Waals surface area contributed by atoms with E-state index in [4.69, 9.17) is 23.7 Å². The van der Waals surface area contributed by atoms with Gasteiger partial charge >= 0.3 is 12.1 Å². The molecule has 4 saturated heterocycles. The van der Waals surface area contributed by atoms with Crippen LogP contribution in [0.5, 0.6) is 5.75 Å². The highest BCUT2D eigenvalue weighted by Gasteiger charge is 2.37. The molecule has 4 heterocycles. The van der Waals surface area contributed by atoms with Gasteiger partial charge in [0.05, 0.1) is 38.4 Å². The molecule has 1 saturated carbocycles. The van der Waals surface area contributed by atoms with Crippen LogP contribution in [0.15, 0.2) is 54.6 Å². The number of fused-ring (bicyclic) bond motifs is 3. The van der Waals surface area contributed by atoms with Crippen molar-refractivity contribution < 1.29 is 33.3 Å². The molecule has 1 N–H and O–H groups in total. The lowest BCUT2D eigenvalue weighted by Gasteiger charge is -2.43. The molecule has 2 aromatic rings. The minimum atomic E-state index is -0.379. The van der Waals surface area contributed by atoms with E-state index in [0.29, 0.717) is 38.3 Å². The molecule has 9 nitrogen and oxygen atoms in total. The van der Waals surface area contributed by atoms with Crippen LogP contribution in [0.3, 0.4) is 0 Å². The van der Waals surface area contributed by atoms with E-state index in [1.165, 1.54) is 0 Å². The number of amides is 1. The molecule has 2 unspecified atom stereocenters. The van der Waals surface area contributed by atoms with E-state index >= 15 is 0 Å². The molecule has 7 rings (SSSR count). The summed E-state index contributed by atoms with van der Waals surface area (Å²) in [6.45, 7) is 5.33. The van der Waals surface area contributed by atoms with Gasteiger partial charge in [0, 0.05) is 13.0 Å². The van der Waals surface area contributed by atoms with Crippen molar-refractivity contribution in [2.24, 2.45) is 17.8 Å². The van der Waals surface area contributed by atoms with Gasteiger partial charge in [-0.05, 0) is 93.1 Å². The first-order valence-corrected chi connectivity index (χ1v) is 16.5. The van der Waals surface area contributed by atoms with E-state index in [0.717, 1.165) is 87.9 Å². The first kappa shape index (κ1) is 30.9.